The standard InChI is InChI=1S/C20H39N3O8SSi3/c1-33(2,3)29-18-17(28-20(31-35(7,8)9)19(18)30-34(4,5)6)13-22-15-11-10-14(32(21,26)27)12-16(15)23(24)25/h10-12,17-20,22H,13H2,1-9H3,(H2,21,26,27)/t17-,18-,19-,20-/m1/s1. The van der Waals surface area contributed by atoms with E-state index in [0.717, 1.165) is 6.07 Å². The average Bonchev–Trinajstić information content (AvgIpc) is 2.90. The van der Waals surface area contributed by atoms with Gasteiger partial charge in [-0.25, -0.2) is 13.6 Å². The van der Waals surface area contributed by atoms with Crippen molar-refractivity contribution in [2.24, 2.45) is 5.14 Å². The summed E-state index contributed by atoms with van der Waals surface area (Å²) < 4.78 is 49.0. The van der Waals surface area contributed by atoms with Crippen molar-refractivity contribution >= 4 is 46.4 Å². The summed E-state index contributed by atoms with van der Waals surface area (Å²) in [5.41, 5.74) is -0.253. The van der Waals surface area contributed by atoms with Crippen molar-refractivity contribution in [3.8, 4) is 0 Å². The third kappa shape index (κ3) is 9.33. The van der Waals surface area contributed by atoms with E-state index < -0.39 is 70.2 Å². The number of hydrogen-bond acceptors (Lipinski definition) is 9. The number of rotatable bonds is 11. The maximum atomic E-state index is 11.6. The SMILES string of the molecule is C[Si](C)(C)O[C@H]1O[C@H](CNc2ccc(S(N)(=O)=O)cc2[N+](=O)[O-])[C@@H](O[Si](C)(C)C)[C@H]1O[Si](C)(C)C. The summed E-state index contributed by atoms with van der Waals surface area (Å²) in [6, 6.07) is 3.50. The molecule has 0 unspecified atom stereocenters. The smallest absolute Gasteiger partial charge is 0.293 e. The minimum atomic E-state index is -4.08. The molecule has 0 saturated carbocycles. The minimum Gasteiger partial charge on any atom is -0.409 e. The van der Waals surface area contributed by atoms with Crippen molar-refractivity contribution in [3.63, 3.8) is 0 Å². The number of benzene rings is 1. The maximum Gasteiger partial charge on any atom is 0.293 e. The van der Waals surface area contributed by atoms with Crippen LogP contribution in [0.5, 0.6) is 0 Å². The molecule has 0 spiro atoms. The fourth-order valence-electron chi connectivity index (χ4n) is 3.58. The molecule has 1 aromatic rings. The monoisotopic (exact) mass is 565 g/mol. The second kappa shape index (κ2) is 10.7. The first-order chi connectivity index (χ1) is 15.7. The van der Waals surface area contributed by atoms with Crippen LogP contribution in [0.1, 0.15) is 0 Å². The molecule has 1 heterocycles. The molecule has 4 atom stereocenters. The van der Waals surface area contributed by atoms with Crippen LogP contribution >= 0.6 is 0 Å². The Balaban J connectivity index is 2.38. The van der Waals surface area contributed by atoms with E-state index in [2.05, 4.69) is 64.2 Å². The molecule has 11 nitrogen and oxygen atoms in total. The molecule has 0 bridgehead atoms. The van der Waals surface area contributed by atoms with Crippen LogP contribution in [0.15, 0.2) is 23.1 Å². The number of nitro groups is 1. The molecule has 1 aliphatic heterocycles. The molecule has 1 saturated heterocycles. The van der Waals surface area contributed by atoms with Crippen molar-refractivity contribution in [2.45, 2.75) is 88.4 Å². The summed E-state index contributed by atoms with van der Waals surface area (Å²) in [6.45, 7) is 18.9. The van der Waals surface area contributed by atoms with Gasteiger partial charge in [-0.05, 0) is 71.1 Å². The lowest BCUT2D eigenvalue weighted by Gasteiger charge is -2.35. The van der Waals surface area contributed by atoms with Gasteiger partial charge in [0.15, 0.2) is 31.2 Å². The van der Waals surface area contributed by atoms with Gasteiger partial charge < -0.3 is 23.3 Å². The van der Waals surface area contributed by atoms with Crippen LogP contribution in [-0.4, -0.2) is 69.4 Å². The number of hydrogen-bond donors (Lipinski definition) is 2. The second-order valence-electron chi connectivity index (χ2n) is 11.5. The molecule has 0 radical (unpaired) electrons. The molecule has 15 heteroatoms. The van der Waals surface area contributed by atoms with E-state index in [9.17, 15) is 18.5 Å². The lowest BCUT2D eigenvalue weighted by atomic mass is 10.1. The third-order valence-electron chi connectivity index (χ3n) is 4.70. The Bertz CT molecular complexity index is 1020. The van der Waals surface area contributed by atoms with Gasteiger partial charge in [0, 0.05) is 12.6 Å². The summed E-state index contributed by atoms with van der Waals surface area (Å²) in [5.74, 6) is 0. The Morgan fingerprint density at radius 3 is 1.94 bits per heavy atom. The number of nitrogens with one attached hydrogen (secondary N) is 1. The predicted molar refractivity (Wildman–Crippen MR) is 142 cm³/mol. The van der Waals surface area contributed by atoms with Crippen molar-refractivity contribution in [2.75, 3.05) is 11.9 Å². The highest BCUT2D eigenvalue weighted by molar-refractivity contribution is 7.89. The fourth-order valence-corrected chi connectivity index (χ4v) is 7.17. The van der Waals surface area contributed by atoms with Gasteiger partial charge >= 0.3 is 0 Å². The summed E-state index contributed by atoms with van der Waals surface area (Å²) in [7, 11) is -10.1. The van der Waals surface area contributed by atoms with Crippen LogP contribution in [0.4, 0.5) is 11.4 Å². The first-order valence-corrected chi connectivity index (χ1v) is 23.2. The number of nitro benzene ring substituents is 1. The van der Waals surface area contributed by atoms with Crippen LogP contribution < -0.4 is 10.5 Å². The molecule has 2 rings (SSSR count). The summed E-state index contributed by atoms with van der Waals surface area (Å²) in [6.07, 6.45) is -2.01. The van der Waals surface area contributed by atoms with Gasteiger partial charge in [-0.3, -0.25) is 10.1 Å². The van der Waals surface area contributed by atoms with E-state index >= 15 is 0 Å². The Hall–Kier alpha value is -1.18. The zero-order chi connectivity index (χ0) is 27.0. The first-order valence-electron chi connectivity index (χ1n) is 11.4. The zero-order valence-electron chi connectivity index (χ0n) is 21.9. The topological polar surface area (TPSA) is 152 Å². The molecule has 0 amide bonds. The molecule has 1 aromatic carbocycles. The van der Waals surface area contributed by atoms with Gasteiger partial charge in [0.05, 0.1) is 9.82 Å². The van der Waals surface area contributed by atoms with Crippen molar-refractivity contribution in [3.05, 3.63) is 28.3 Å². The van der Waals surface area contributed by atoms with E-state index in [4.69, 9.17) is 23.2 Å². The van der Waals surface area contributed by atoms with Crippen molar-refractivity contribution in [1.29, 1.82) is 0 Å². The summed E-state index contributed by atoms with van der Waals surface area (Å²) >= 11 is 0. The van der Waals surface area contributed by atoms with Crippen LogP contribution in [0.2, 0.25) is 58.9 Å². The van der Waals surface area contributed by atoms with Crippen LogP contribution in [0.3, 0.4) is 0 Å². The third-order valence-corrected chi connectivity index (χ3v) is 8.51. The maximum absolute atomic E-state index is 11.6. The van der Waals surface area contributed by atoms with Gasteiger partial charge in [-0.15, -0.1) is 0 Å². The molecule has 35 heavy (non-hydrogen) atoms. The highest BCUT2D eigenvalue weighted by Crippen LogP contribution is 2.34. The molecule has 1 aliphatic rings. The molecule has 0 aliphatic carbocycles. The van der Waals surface area contributed by atoms with E-state index in [-0.39, 0.29) is 17.1 Å². The Kier molecular flexibility index (Phi) is 9.16. The largest absolute Gasteiger partial charge is 0.409 e. The highest BCUT2D eigenvalue weighted by atomic mass is 32.2. The Morgan fingerprint density at radius 2 is 1.49 bits per heavy atom. The lowest BCUT2D eigenvalue weighted by Crippen LogP contribution is -2.50. The van der Waals surface area contributed by atoms with E-state index in [1.807, 2.05) is 0 Å². The van der Waals surface area contributed by atoms with Crippen LogP contribution in [-0.2, 0) is 28.0 Å². The minimum absolute atomic E-state index is 0.148. The van der Waals surface area contributed by atoms with Crippen LogP contribution in [0.25, 0.3) is 0 Å². The Morgan fingerprint density at radius 1 is 0.971 bits per heavy atom. The first kappa shape index (κ1) is 30.0. The van der Waals surface area contributed by atoms with Crippen LogP contribution in [0, 0.1) is 10.1 Å². The number of nitrogens with zero attached hydrogens (tertiary/aromatic N) is 1. The number of nitrogens with two attached hydrogens (primary N) is 1. The predicted octanol–water partition coefficient (Wildman–Crippen LogP) is 3.67. The van der Waals surface area contributed by atoms with E-state index in [0.29, 0.717) is 0 Å². The van der Waals surface area contributed by atoms with Gasteiger partial charge in [-0.2, -0.15) is 0 Å². The average molecular weight is 566 g/mol. The zero-order valence-corrected chi connectivity index (χ0v) is 25.8. The van der Waals surface area contributed by atoms with Gasteiger partial charge in [-0.1, -0.05) is 0 Å². The molecular weight excluding hydrogens is 527 g/mol. The molecule has 3 N–H and O–H groups in total. The molecular formula is C20H39N3O8SSi3. The second-order valence-corrected chi connectivity index (χ2v) is 26.5. The highest BCUT2D eigenvalue weighted by Gasteiger charge is 2.50. The normalized spacial score (nSPS) is 23.9. The van der Waals surface area contributed by atoms with Gasteiger partial charge in [0.1, 0.15) is 24.0 Å². The number of ether oxygens (including phenoxy) is 1. The van der Waals surface area contributed by atoms with Crippen molar-refractivity contribution < 1.29 is 31.4 Å². The number of sulfonamides is 1. The number of anilines is 1. The summed E-state index contributed by atoms with van der Waals surface area (Å²) in [4.78, 5) is 10.6. The van der Waals surface area contributed by atoms with E-state index in [1.54, 1.807) is 0 Å². The van der Waals surface area contributed by atoms with Crippen molar-refractivity contribution in [1.82, 2.24) is 0 Å². The van der Waals surface area contributed by atoms with Gasteiger partial charge in [0.25, 0.3) is 5.69 Å². The molecule has 0 aromatic heterocycles. The number of primary sulfonamides is 1. The fraction of sp³-hybridized carbons (Fsp3) is 0.700. The Labute approximate surface area is 211 Å². The summed E-state index contributed by atoms with van der Waals surface area (Å²) in [5, 5.41) is 19.8. The molecule has 200 valence electrons. The lowest BCUT2D eigenvalue weighted by molar-refractivity contribution is -0.384. The van der Waals surface area contributed by atoms with Gasteiger partial charge in [0.2, 0.25) is 10.0 Å². The molecule has 1 fully saturated rings. The quantitative estimate of drug-likeness (QED) is 0.232. The van der Waals surface area contributed by atoms with E-state index in [1.165, 1.54) is 12.1 Å².